The summed E-state index contributed by atoms with van der Waals surface area (Å²) in [5.74, 6) is -1.77. The van der Waals surface area contributed by atoms with E-state index in [4.69, 9.17) is 4.74 Å². The summed E-state index contributed by atoms with van der Waals surface area (Å²) in [7, 11) is 0. The van der Waals surface area contributed by atoms with E-state index in [9.17, 15) is 19.1 Å². The Morgan fingerprint density at radius 1 is 1.00 bits per heavy atom. The zero-order chi connectivity index (χ0) is 23.5. The van der Waals surface area contributed by atoms with Gasteiger partial charge in [0.25, 0.3) is 0 Å². The zero-order valence-corrected chi connectivity index (χ0v) is 18.0. The molecule has 0 aliphatic carbocycles. The number of fused-ring (bicyclic) bond motifs is 1. The molecule has 0 fully saturated rings. The molecule has 166 valence electrons. The number of aliphatic hydroxyl groups is 1. The van der Waals surface area contributed by atoms with Crippen LogP contribution in [-0.2, 0) is 9.53 Å². The first-order valence-electron chi connectivity index (χ1n) is 10.3. The number of benzene rings is 3. The van der Waals surface area contributed by atoms with Crippen molar-refractivity contribution < 1.29 is 23.8 Å². The molecule has 0 spiro atoms. The second kappa shape index (κ2) is 9.08. The molecule has 1 unspecified atom stereocenters. The van der Waals surface area contributed by atoms with Crippen molar-refractivity contribution in [3.63, 3.8) is 0 Å². The first kappa shape index (κ1) is 22.0. The quantitative estimate of drug-likeness (QED) is 0.174. The molecule has 0 saturated heterocycles. The number of rotatable bonds is 6. The molecule has 33 heavy (non-hydrogen) atoms. The monoisotopic (exact) mass is 444 g/mol. The molecule has 0 radical (unpaired) electrons. The maximum atomic E-state index is 13.8. The number of hydrogen-bond donors (Lipinski definition) is 2. The molecule has 0 aliphatic rings. The molecule has 4 rings (SSSR count). The third-order valence-electron chi connectivity index (χ3n) is 5.15. The second-order valence-corrected chi connectivity index (χ2v) is 7.54. The van der Waals surface area contributed by atoms with E-state index in [0.717, 1.165) is 6.07 Å². The number of nitrogens with one attached hydrogen (secondary N) is 1. The fraction of sp³-hybridized carbons (Fsp3) is 0.115. The molecule has 0 saturated carbocycles. The maximum Gasteiger partial charge on any atom is 0.303 e. The van der Waals surface area contributed by atoms with E-state index in [1.165, 1.54) is 25.1 Å². The fourth-order valence-electron chi connectivity index (χ4n) is 3.57. The van der Waals surface area contributed by atoms with Crippen LogP contribution in [0.3, 0.4) is 0 Å². The van der Waals surface area contributed by atoms with E-state index < -0.39 is 23.7 Å². The van der Waals surface area contributed by atoms with Crippen LogP contribution in [0.5, 0.6) is 0 Å². The van der Waals surface area contributed by atoms with E-state index in [2.05, 4.69) is 9.97 Å². The number of imidazole rings is 1. The first-order valence-corrected chi connectivity index (χ1v) is 10.3. The lowest BCUT2D eigenvalue weighted by molar-refractivity contribution is -0.145. The van der Waals surface area contributed by atoms with E-state index >= 15 is 0 Å². The Bertz CT molecular complexity index is 1360. The van der Waals surface area contributed by atoms with Crippen LogP contribution in [0.15, 0.2) is 72.8 Å². The van der Waals surface area contributed by atoms with Crippen LogP contribution in [-0.4, -0.2) is 26.8 Å². The topological polar surface area (TPSA) is 92.3 Å². The van der Waals surface area contributed by atoms with Gasteiger partial charge in [0.05, 0.1) is 11.0 Å². The highest BCUT2D eigenvalue weighted by atomic mass is 19.1. The summed E-state index contributed by atoms with van der Waals surface area (Å²) in [5.41, 5.74) is 2.22. The van der Waals surface area contributed by atoms with Gasteiger partial charge in [-0.25, -0.2) is 9.37 Å². The summed E-state index contributed by atoms with van der Waals surface area (Å²) in [4.78, 5) is 32.3. The number of nitrogens with zero attached hydrogens (tertiary/aromatic N) is 1. The number of hydrogen-bond acceptors (Lipinski definition) is 5. The number of para-hydroxylation sites is 2. The lowest BCUT2D eigenvalue weighted by atomic mass is 9.97. The van der Waals surface area contributed by atoms with Crippen LogP contribution in [0.4, 0.5) is 4.39 Å². The zero-order valence-electron chi connectivity index (χ0n) is 18.0. The van der Waals surface area contributed by atoms with Gasteiger partial charge in [0.2, 0.25) is 5.78 Å². The number of Topliss-reactive ketones (excluding diaryl/α,β-unsaturated/α-hetero) is 1. The van der Waals surface area contributed by atoms with Gasteiger partial charge in [0.15, 0.2) is 0 Å². The Morgan fingerprint density at radius 3 is 2.45 bits per heavy atom. The second-order valence-electron chi connectivity index (χ2n) is 7.54. The van der Waals surface area contributed by atoms with Crippen LogP contribution in [0.2, 0.25) is 0 Å². The van der Waals surface area contributed by atoms with Gasteiger partial charge in [0.1, 0.15) is 29.1 Å². The van der Waals surface area contributed by atoms with Crippen molar-refractivity contribution in [2.24, 2.45) is 0 Å². The van der Waals surface area contributed by atoms with Gasteiger partial charge < -0.3 is 14.8 Å². The highest BCUT2D eigenvalue weighted by Gasteiger charge is 2.24. The van der Waals surface area contributed by atoms with Crippen molar-refractivity contribution in [3.8, 4) is 0 Å². The largest absolute Gasteiger partial charge is 0.506 e. The van der Waals surface area contributed by atoms with Crippen molar-refractivity contribution in [1.82, 2.24) is 9.97 Å². The van der Waals surface area contributed by atoms with Crippen LogP contribution < -0.4 is 0 Å². The Hall–Kier alpha value is -4.26. The van der Waals surface area contributed by atoms with Crippen molar-refractivity contribution in [1.29, 1.82) is 0 Å². The minimum atomic E-state index is -0.593. The average Bonchev–Trinajstić information content (AvgIpc) is 3.22. The third kappa shape index (κ3) is 4.67. The number of H-pyrrole nitrogens is 1. The molecule has 7 heteroatoms. The summed E-state index contributed by atoms with van der Waals surface area (Å²) >= 11 is 0. The Balaban J connectivity index is 1.88. The van der Waals surface area contributed by atoms with E-state index in [1.807, 2.05) is 12.1 Å². The lowest BCUT2D eigenvalue weighted by Crippen LogP contribution is -2.09. The molecule has 0 amide bonds. The number of carbonyl (C=O) groups is 2. The Kier molecular flexibility index (Phi) is 6.04. The van der Waals surface area contributed by atoms with E-state index in [1.54, 1.807) is 43.3 Å². The SMILES string of the molecule is CC(=O)OC(C)c1cccc(C(O)=C(C(=O)c2cccc(F)c2)c2nc3ccccc3[nH]2)c1. The minimum absolute atomic E-state index is 0.0708. The summed E-state index contributed by atoms with van der Waals surface area (Å²) in [6, 6.07) is 19.1. The molecule has 2 N–H and O–H groups in total. The molecule has 4 aromatic rings. The minimum Gasteiger partial charge on any atom is -0.506 e. The summed E-state index contributed by atoms with van der Waals surface area (Å²) in [5, 5.41) is 11.2. The summed E-state index contributed by atoms with van der Waals surface area (Å²) in [6.45, 7) is 3.02. The van der Waals surface area contributed by atoms with Gasteiger partial charge in [-0.05, 0) is 42.8 Å². The number of aromatic amines is 1. The molecule has 3 aromatic carbocycles. The normalized spacial score (nSPS) is 12.8. The van der Waals surface area contributed by atoms with E-state index in [0.29, 0.717) is 22.2 Å². The molecule has 1 aromatic heterocycles. The fourth-order valence-corrected chi connectivity index (χ4v) is 3.57. The molecular weight excluding hydrogens is 423 g/mol. The van der Waals surface area contributed by atoms with Crippen molar-refractivity contribution >= 4 is 34.1 Å². The number of allylic oxidation sites excluding steroid dienone is 1. The number of esters is 1. The van der Waals surface area contributed by atoms with Crippen molar-refractivity contribution in [2.75, 3.05) is 0 Å². The highest BCUT2D eigenvalue weighted by Crippen LogP contribution is 2.30. The molecule has 1 atom stereocenters. The average molecular weight is 444 g/mol. The number of ketones is 1. The smallest absolute Gasteiger partial charge is 0.303 e. The summed E-state index contributed by atoms with van der Waals surface area (Å²) in [6.07, 6.45) is -0.552. The van der Waals surface area contributed by atoms with Gasteiger partial charge in [-0.15, -0.1) is 0 Å². The molecule has 1 heterocycles. The highest BCUT2D eigenvalue weighted by molar-refractivity contribution is 6.33. The number of halogens is 1. The van der Waals surface area contributed by atoms with Gasteiger partial charge in [0, 0.05) is 18.1 Å². The lowest BCUT2D eigenvalue weighted by Gasteiger charge is -2.14. The van der Waals surface area contributed by atoms with Crippen LogP contribution in [0.25, 0.3) is 22.4 Å². The molecule has 0 aliphatic heterocycles. The predicted molar refractivity (Wildman–Crippen MR) is 123 cm³/mol. The Morgan fingerprint density at radius 2 is 1.73 bits per heavy atom. The van der Waals surface area contributed by atoms with Gasteiger partial charge in [-0.3, -0.25) is 9.59 Å². The molecule has 6 nitrogen and oxygen atoms in total. The van der Waals surface area contributed by atoms with Crippen molar-refractivity contribution in [2.45, 2.75) is 20.0 Å². The van der Waals surface area contributed by atoms with Gasteiger partial charge in [-0.2, -0.15) is 0 Å². The van der Waals surface area contributed by atoms with Crippen LogP contribution in [0, 0.1) is 5.82 Å². The number of ether oxygens (including phenoxy) is 1. The van der Waals surface area contributed by atoms with Crippen LogP contribution >= 0.6 is 0 Å². The first-order chi connectivity index (χ1) is 15.8. The number of carbonyl (C=O) groups excluding carboxylic acids is 2. The predicted octanol–water partition coefficient (Wildman–Crippen LogP) is 5.64. The summed E-state index contributed by atoms with van der Waals surface area (Å²) < 4.78 is 19.1. The molecule has 0 bridgehead atoms. The van der Waals surface area contributed by atoms with Gasteiger partial charge >= 0.3 is 5.97 Å². The number of aliphatic hydroxyl groups excluding tert-OH is 1. The third-order valence-corrected chi connectivity index (χ3v) is 5.15. The standard InChI is InChI=1S/C26H21FN2O4/c1-15(33-16(2)30)17-7-5-8-18(13-17)24(31)23(25(32)19-9-6-10-20(27)14-19)26-28-21-11-3-4-12-22(21)29-26/h3-15,31H,1-2H3,(H,28,29). The molecular formula is C26H21FN2O4. The van der Waals surface area contributed by atoms with E-state index in [-0.39, 0.29) is 22.7 Å². The Labute approximate surface area is 189 Å². The van der Waals surface area contributed by atoms with Crippen molar-refractivity contribution in [3.05, 3.63) is 101 Å². The number of aromatic nitrogens is 2. The van der Waals surface area contributed by atoms with Gasteiger partial charge in [-0.1, -0.05) is 42.5 Å². The maximum absolute atomic E-state index is 13.8. The van der Waals surface area contributed by atoms with Crippen LogP contribution in [0.1, 0.15) is 47.3 Å².